The fourth-order valence-electron chi connectivity index (χ4n) is 3.37. The molecule has 14 heteroatoms. The lowest BCUT2D eigenvalue weighted by molar-refractivity contribution is -0.250. The zero-order valence-corrected chi connectivity index (χ0v) is 16.2. The lowest BCUT2D eigenvalue weighted by Crippen LogP contribution is -2.45. The summed E-state index contributed by atoms with van der Waals surface area (Å²) in [6.07, 6.45) is -7.77. The Hall–Kier alpha value is -2.67. The van der Waals surface area contributed by atoms with E-state index in [0.717, 1.165) is 13.4 Å². The maximum absolute atomic E-state index is 14.2. The molecule has 0 bridgehead atoms. The molecule has 3 heterocycles. The van der Waals surface area contributed by atoms with E-state index in [-0.39, 0.29) is 12.2 Å². The van der Waals surface area contributed by atoms with Crippen molar-refractivity contribution in [2.24, 2.45) is 7.05 Å². The van der Waals surface area contributed by atoms with Crippen molar-refractivity contribution in [1.82, 2.24) is 24.3 Å². The predicted molar refractivity (Wildman–Crippen MR) is 94.3 cm³/mol. The van der Waals surface area contributed by atoms with E-state index >= 15 is 0 Å². The normalized spacial score (nSPS) is 17.2. The van der Waals surface area contributed by atoms with Crippen LogP contribution in [0, 0.1) is 0 Å². The molecule has 0 amide bonds. The number of hydrogen-bond donors (Lipinski definition) is 1. The van der Waals surface area contributed by atoms with Crippen LogP contribution in [0.1, 0.15) is 35.8 Å². The number of pyridine rings is 1. The molecule has 0 aromatic carbocycles. The minimum atomic E-state index is -5.45. The molecular formula is C17H12ClF6N5O2. The quantitative estimate of drug-likeness (QED) is 0.597. The molecule has 0 unspecified atom stereocenters. The highest BCUT2D eigenvalue weighted by molar-refractivity contribution is 6.31. The minimum absolute atomic E-state index is 0.130. The first-order valence-corrected chi connectivity index (χ1v) is 9.11. The standard InChI is InChI=1S/C17H12ClF6N5O2/c1-28-13(10-11(27-28)14(30)29(6-26-10)8-2-3-8)15(31,17(22,23)24)7-4-9(18)12(25-5-7)16(19,20)21/h4-6,8,31H,2-3H2,1H3/t15-/m1/s1. The summed E-state index contributed by atoms with van der Waals surface area (Å²) in [4.78, 5) is 19.5. The lowest BCUT2D eigenvalue weighted by atomic mass is 9.89. The Morgan fingerprint density at radius 3 is 2.29 bits per heavy atom. The van der Waals surface area contributed by atoms with Crippen molar-refractivity contribution in [3.8, 4) is 0 Å². The SMILES string of the molecule is Cn1nc2c(=O)n(C3CC3)cnc2c1[C@](O)(c1cnc(C(F)(F)F)c(Cl)c1)C(F)(F)F. The van der Waals surface area contributed by atoms with E-state index in [9.17, 15) is 36.2 Å². The Morgan fingerprint density at radius 2 is 1.77 bits per heavy atom. The number of rotatable bonds is 3. The van der Waals surface area contributed by atoms with E-state index in [1.165, 1.54) is 4.57 Å². The number of aliphatic hydroxyl groups is 1. The summed E-state index contributed by atoms with van der Waals surface area (Å²) < 4.78 is 83.1. The van der Waals surface area contributed by atoms with E-state index in [1.807, 2.05) is 0 Å². The summed E-state index contributed by atoms with van der Waals surface area (Å²) in [5.74, 6) is 0. The molecule has 1 saturated carbocycles. The van der Waals surface area contributed by atoms with E-state index in [4.69, 9.17) is 11.6 Å². The Labute approximate surface area is 173 Å². The molecular weight excluding hydrogens is 456 g/mol. The molecule has 1 aliphatic rings. The van der Waals surface area contributed by atoms with E-state index < -0.39 is 56.5 Å². The van der Waals surface area contributed by atoms with Crippen molar-refractivity contribution >= 4 is 22.6 Å². The highest BCUT2D eigenvalue weighted by atomic mass is 35.5. The molecule has 3 aromatic heterocycles. The van der Waals surface area contributed by atoms with Crippen molar-refractivity contribution in [3.63, 3.8) is 0 Å². The predicted octanol–water partition coefficient (Wildman–Crippen LogP) is 3.33. The van der Waals surface area contributed by atoms with Crippen molar-refractivity contribution in [3.05, 3.63) is 50.9 Å². The van der Waals surface area contributed by atoms with Gasteiger partial charge in [0.25, 0.3) is 5.56 Å². The molecule has 31 heavy (non-hydrogen) atoms. The van der Waals surface area contributed by atoms with Crippen LogP contribution in [0.5, 0.6) is 0 Å². The van der Waals surface area contributed by atoms with Gasteiger partial charge in [-0.2, -0.15) is 31.4 Å². The van der Waals surface area contributed by atoms with Crippen LogP contribution in [0.25, 0.3) is 11.0 Å². The first-order chi connectivity index (χ1) is 14.3. The second-order valence-corrected chi connectivity index (χ2v) is 7.53. The molecule has 4 rings (SSSR count). The average Bonchev–Trinajstić information content (AvgIpc) is 3.41. The zero-order chi connectivity index (χ0) is 22.9. The van der Waals surface area contributed by atoms with Gasteiger partial charge in [-0.15, -0.1) is 0 Å². The Kier molecular flexibility index (Phi) is 4.63. The summed E-state index contributed by atoms with van der Waals surface area (Å²) in [6.45, 7) is 0. The third-order valence-corrected chi connectivity index (χ3v) is 5.28. The van der Waals surface area contributed by atoms with Crippen LogP contribution < -0.4 is 5.56 Å². The van der Waals surface area contributed by atoms with Gasteiger partial charge in [0.05, 0.1) is 11.3 Å². The molecule has 166 valence electrons. The molecule has 7 nitrogen and oxygen atoms in total. The Bertz CT molecular complexity index is 1250. The topological polar surface area (TPSA) is 85.8 Å². The van der Waals surface area contributed by atoms with E-state index in [1.54, 1.807) is 0 Å². The second-order valence-electron chi connectivity index (χ2n) is 7.12. The van der Waals surface area contributed by atoms with Crippen molar-refractivity contribution in [1.29, 1.82) is 0 Å². The van der Waals surface area contributed by atoms with Crippen LogP contribution in [0.15, 0.2) is 23.4 Å². The van der Waals surface area contributed by atoms with E-state index in [0.29, 0.717) is 23.6 Å². The van der Waals surface area contributed by atoms with E-state index in [2.05, 4.69) is 15.1 Å². The fourth-order valence-corrected chi connectivity index (χ4v) is 3.64. The summed E-state index contributed by atoms with van der Waals surface area (Å²) >= 11 is 5.53. The van der Waals surface area contributed by atoms with Crippen molar-refractivity contribution < 1.29 is 31.4 Å². The molecule has 0 radical (unpaired) electrons. The number of halogens is 7. The van der Waals surface area contributed by atoms with Gasteiger partial charge in [-0.1, -0.05) is 11.6 Å². The van der Waals surface area contributed by atoms with Gasteiger partial charge in [0, 0.05) is 24.8 Å². The number of hydrogen-bond acceptors (Lipinski definition) is 5. The van der Waals surface area contributed by atoms with Crippen molar-refractivity contribution in [2.75, 3.05) is 0 Å². The van der Waals surface area contributed by atoms with Crippen molar-refractivity contribution in [2.45, 2.75) is 36.8 Å². The molecule has 0 aliphatic heterocycles. The number of aryl methyl sites for hydroxylation is 1. The van der Waals surface area contributed by atoms with Crippen LogP contribution in [0.2, 0.25) is 5.02 Å². The van der Waals surface area contributed by atoms with Gasteiger partial charge in [-0.3, -0.25) is 14.0 Å². The molecule has 0 spiro atoms. The number of alkyl halides is 6. The van der Waals surface area contributed by atoms with Gasteiger partial charge in [-0.25, -0.2) is 9.97 Å². The summed E-state index contributed by atoms with van der Waals surface area (Å²) in [6, 6.07) is 0.198. The summed E-state index contributed by atoms with van der Waals surface area (Å²) in [7, 11) is 1.05. The molecule has 1 atom stereocenters. The zero-order valence-electron chi connectivity index (χ0n) is 15.5. The molecule has 1 fully saturated rings. The fraction of sp³-hybridized carbons (Fsp3) is 0.412. The van der Waals surface area contributed by atoms with Crippen LogP contribution in [0.3, 0.4) is 0 Å². The Balaban J connectivity index is 1.99. The maximum Gasteiger partial charge on any atom is 0.434 e. The second kappa shape index (κ2) is 6.66. The third kappa shape index (κ3) is 3.26. The molecule has 1 aliphatic carbocycles. The van der Waals surface area contributed by atoms with Crippen LogP contribution in [-0.4, -0.2) is 35.6 Å². The van der Waals surface area contributed by atoms with Crippen LogP contribution in [0.4, 0.5) is 26.3 Å². The van der Waals surface area contributed by atoms with Gasteiger partial charge in [0.1, 0.15) is 11.2 Å². The van der Waals surface area contributed by atoms with Gasteiger partial charge in [-0.05, 0) is 18.9 Å². The number of fused-ring (bicyclic) bond motifs is 1. The van der Waals surface area contributed by atoms with Gasteiger partial charge < -0.3 is 5.11 Å². The van der Waals surface area contributed by atoms with Gasteiger partial charge in [0.15, 0.2) is 11.2 Å². The number of aromatic nitrogens is 5. The first kappa shape index (κ1) is 21.6. The molecule has 0 saturated heterocycles. The minimum Gasteiger partial charge on any atom is -0.371 e. The lowest BCUT2D eigenvalue weighted by Gasteiger charge is -2.31. The average molecular weight is 468 g/mol. The monoisotopic (exact) mass is 467 g/mol. The summed E-state index contributed by atoms with van der Waals surface area (Å²) in [5.41, 5.74) is -9.20. The molecule has 1 N–H and O–H groups in total. The van der Waals surface area contributed by atoms with Crippen LogP contribution >= 0.6 is 11.6 Å². The highest BCUT2D eigenvalue weighted by Gasteiger charge is 2.60. The van der Waals surface area contributed by atoms with Gasteiger partial charge >= 0.3 is 12.4 Å². The molecule has 3 aromatic rings. The Morgan fingerprint density at radius 1 is 1.13 bits per heavy atom. The van der Waals surface area contributed by atoms with Crippen LogP contribution in [-0.2, 0) is 18.8 Å². The highest BCUT2D eigenvalue weighted by Crippen LogP contribution is 2.47. The number of nitrogens with zero attached hydrogens (tertiary/aromatic N) is 5. The third-order valence-electron chi connectivity index (χ3n) is 4.99. The first-order valence-electron chi connectivity index (χ1n) is 8.73. The smallest absolute Gasteiger partial charge is 0.371 e. The largest absolute Gasteiger partial charge is 0.434 e. The maximum atomic E-state index is 14.2. The van der Waals surface area contributed by atoms with Gasteiger partial charge in [0.2, 0.25) is 5.60 Å². The summed E-state index contributed by atoms with van der Waals surface area (Å²) in [5, 5.41) is 13.5.